The van der Waals surface area contributed by atoms with Gasteiger partial charge in [-0.15, -0.1) is 11.6 Å². The average Bonchev–Trinajstić information content (AvgIpc) is 2.09. The van der Waals surface area contributed by atoms with Gasteiger partial charge in [0.15, 0.2) is 0 Å². The lowest BCUT2D eigenvalue weighted by atomic mass is 10.1. The Labute approximate surface area is 91.5 Å². The van der Waals surface area contributed by atoms with Crippen molar-refractivity contribution in [2.24, 2.45) is 0 Å². The lowest BCUT2D eigenvalue weighted by Gasteiger charge is -2.13. The molecule has 0 spiro atoms. The van der Waals surface area contributed by atoms with Gasteiger partial charge in [-0.2, -0.15) is 0 Å². The topological polar surface area (TPSA) is 12.0 Å². The van der Waals surface area contributed by atoms with Gasteiger partial charge >= 0.3 is 0 Å². The van der Waals surface area contributed by atoms with E-state index in [4.69, 9.17) is 11.6 Å². The summed E-state index contributed by atoms with van der Waals surface area (Å²) in [6.07, 6.45) is 1.01. The molecule has 14 heavy (non-hydrogen) atoms. The number of benzene rings is 1. The quantitative estimate of drug-likeness (QED) is 0.592. The maximum Gasteiger partial charge on any atom is 0.0399 e. The van der Waals surface area contributed by atoms with Gasteiger partial charge in [0, 0.05) is 18.1 Å². The zero-order chi connectivity index (χ0) is 10.6. The molecular formula is C12H18ClN. The molecule has 0 saturated carbocycles. The molecular weight excluding hydrogens is 194 g/mol. The van der Waals surface area contributed by atoms with E-state index in [0.29, 0.717) is 0 Å². The minimum absolute atomic E-state index is 0.719. The van der Waals surface area contributed by atoms with Gasteiger partial charge < -0.3 is 5.32 Å². The number of halogens is 1. The summed E-state index contributed by atoms with van der Waals surface area (Å²) in [6.45, 7) is 7.36. The fraction of sp³-hybridized carbons (Fsp3) is 0.500. The van der Waals surface area contributed by atoms with E-state index in [1.165, 1.54) is 22.4 Å². The van der Waals surface area contributed by atoms with E-state index in [1.54, 1.807) is 0 Å². The number of anilines is 1. The molecule has 0 amide bonds. The van der Waals surface area contributed by atoms with Gasteiger partial charge in [0.25, 0.3) is 0 Å². The molecule has 0 aliphatic rings. The highest BCUT2D eigenvalue weighted by atomic mass is 35.5. The number of hydrogen-bond donors (Lipinski definition) is 1. The third kappa shape index (κ3) is 2.91. The summed E-state index contributed by atoms with van der Waals surface area (Å²) >= 11 is 5.63. The van der Waals surface area contributed by atoms with Gasteiger partial charge in [0.1, 0.15) is 0 Å². The smallest absolute Gasteiger partial charge is 0.0399 e. The first kappa shape index (κ1) is 11.4. The van der Waals surface area contributed by atoms with Gasteiger partial charge in [-0.05, 0) is 38.3 Å². The van der Waals surface area contributed by atoms with E-state index in [0.717, 1.165) is 18.8 Å². The first-order valence-corrected chi connectivity index (χ1v) is 5.56. The number of nitrogens with one attached hydrogen (secondary N) is 1. The van der Waals surface area contributed by atoms with Gasteiger partial charge in [-0.25, -0.2) is 0 Å². The Hall–Kier alpha value is -0.690. The van der Waals surface area contributed by atoms with Crippen LogP contribution in [0.5, 0.6) is 0 Å². The van der Waals surface area contributed by atoms with Crippen LogP contribution in [0.3, 0.4) is 0 Å². The predicted octanol–water partition coefficient (Wildman–Crippen LogP) is 3.65. The predicted molar refractivity (Wildman–Crippen MR) is 64.5 cm³/mol. The lowest BCUT2D eigenvalue weighted by molar-refractivity contribution is 0.981. The Balaban J connectivity index is 2.75. The van der Waals surface area contributed by atoms with Gasteiger partial charge in [0.2, 0.25) is 0 Å². The van der Waals surface area contributed by atoms with Crippen LogP contribution in [0.1, 0.15) is 23.1 Å². The van der Waals surface area contributed by atoms with Crippen molar-refractivity contribution in [3.63, 3.8) is 0 Å². The highest BCUT2D eigenvalue weighted by molar-refractivity contribution is 6.17. The molecule has 0 bridgehead atoms. The molecule has 0 radical (unpaired) electrons. The van der Waals surface area contributed by atoms with Gasteiger partial charge in [-0.1, -0.05) is 17.7 Å². The normalized spacial score (nSPS) is 10.3. The standard InChI is InChI=1S/C12H18ClN/c1-9-7-10(2)12(11(3)8-9)14-6-4-5-13/h7-8,14H,4-6H2,1-3H3. The molecule has 0 fully saturated rings. The van der Waals surface area contributed by atoms with E-state index in [-0.39, 0.29) is 0 Å². The Kier molecular flexibility index (Phi) is 4.27. The highest BCUT2D eigenvalue weighted by Crippen LogP contribution is 2.21. The maximum atomic E-state index is 5.63. The number of alkyl halides is 1. The Morgan fingerprint density at radius 2 is 1.71 bits per heavy atom. The van der Waals surface area contributed by atoms with Crippen LogP contribution in [0.15, 0.2) is 12.1 Å². The summed E-state index contributed by atoms with van der Waals surface area (Å²) < 4.78 is 0. The molecule has 1 N–H and O–H groups in total. The van der Waals surface area contributed by atoms with E-state index < -0.39 is 0 Å². The molecule has 1 aromatic carbocycles. The molecule has 0 aliphatic carbocycles. The first-order chi connectivity index (χ1) is 6.65. The van der Waals surface area contributed by atoms with Crippen molar-refractivity contribution in [3.05, 3.63) is 28.8 Å². The molecule has 1 nitrogen and oxygen atoms in total. The van der Waals surface area contributed by atoms with E-state index >= 15 is 0 Å². The zero-order valence-electron chi connectivity index (χ0n) is 9.15. The van der Waals surface area contributed by atoms with E-state index in [2.05, 4.69) is 38.2 Å². The monoisotopic (exact) mass is 211 g/mol. The second-order valence-corrected chi connectivity index (χ2v) is 4.12. The average molecular weight is 212 g/mol. The largest absolute Gasteiger partial charge is 0.385 e. The summed E-state index contributed by atoms with van der Waals surface area (Å²) in [7, 11) is 0. The van der Waals surface area contributed by atoms with Crippen LogP contribution in [-0.2, 0) is 0 Å². The lowest BCUT2D eigenvalue weighted by Crippen LogP contribution is -2.05. The molecule has 0 aliphatic heterocycles. The third-order valence-corrected chi connectivity index (χ3v) is 2.56. The molecule has 0 saturated heterocycles. The molecule has 0 atom stereocenters. The third-order valence-electron chi connectivity index (χ3n) is 2.29. The van der Waals surface area contributed by atoms with Gasteiger partial charge in [-0.3, -0.25) is 0 Å². The van der Waals surface area contributed by atoms with Gasteiger partial charge in [0.05, 0.1) is 0 Å². The van der Waals surface area contributed by atoms with Crippen molar-refractivity contribution in [3.8, 4) is 0 Å². The summed E-state index contributed by atoms with van der Waals surface area (Å²) in [6, 6.07) is 4.41. The van der Waals surface area contributed by atoms with Crippen LogP contribution < -0.4 is 5.32 Å². The van der Waals surface area contributed by atoms with Crippen molar-refractivity contribution in [1.29, 1.82) is 0 Å². The number of rotatable bonds is 4. The SMILES string of the molecule is Cc1cc(C)c(NCCCCl)c(C)c1. The van der Waals surface area contributed by atoms with Crippen molar-refractivity contribution in [2.45, 2.75) is 27.2 Å². The molecule has 0 unspecified atom stereocenters. The van der Waals surface area contributed by atoms with Crippen molar-refractivity contribution in [2.75, 3.05) is 17.7 Å². The Morgan fingerprint density at radius 1 is 1.14 bits per heavy atom. The van der Waals surface area contributed by atoms with Crippen LogP contribution in [0.25, 0.3) is 0 Å². The van der Waals surface area contributed by atoms with E-state index in [1.807, 2.05) is 0 Å². The summed E-state index contributed by atoms with van der Waals surface area (Å²) in [4.78, 5) is 0. The maximum absolute atomic E-state index is 5.63. The van der Waals surface area contributed by atoms with Crippen LogP contribution >= 0.6 is 11.6 Å². The van der Waals surface area contributed by atoms with Crippen LogP contribution in [0.2, 0.25) is 0 Å². The summed E-state index contributed by atoms with van der Waals surface area (Å²) in [5.41, 5.74) is 5.22. The molecule has 1 aromatic rings. The second kappa shape index (κ2) is 5.26. The first-order valence-electron chi connectivity index (χ1n) is 5.03. The minimum atomic E-state index is 0.719. The highest BCUT2D eigenvalue weighted by Gasteiger charge is 2.02. The summed E-state index contributed by atoms with van der Waals surface area (Å²) in [5.74, 6) is 0.719. The second-order valence-electron chi connectivity index (χ2n) is 3.74. The minimum Gasteiger partial charge on any atom is -0.385 e. The molecule has 0 heterocycles. The van der Waals surface area contributed by atoms with Crippen LogP contribution in [0, 0.1) is 20.8 Å². The van der Waals surface area contributed by atoms with Crippen LogP contribution in [0.4, 0.5) is 5.69 Å². The number of hydrogen-bond acceptors (Lipinski definition) is 1. The van der Waals surface area contributed by atoms with Crippen molar-refractivity contribution in [1.82, 2.24) is 0 Å². The Bertz CT molecular complexity index is 284. The Morgan fingerprint density at radius 3 is 2.21 bits per heavy atom. The molecule has 1 rings (SSSR count). The molecule has 0 aromatic heterocycles. The molecule has 78 valence electrons. The fourth-order valence-corrected chi connectivity index (χ4v) is 1.87. The fourth-order valence-electron chi connectivity index (χ4n) is 1.74. The van der Waals surface area contributed by atoms with Crippen LogP contribution in [-0.4, -0.2) is 12.4 Å². The zero-order valence-corrected chi connectivity index (χ0v) is 9.91. The van der Waals surface area contributed by atoms with E-state index in [9.17, 15) is 0 Å². The van der Waals surface area contributed by atoms with Crippen molar-refractivity contribution >= 4 is 17.3 Å². The number of aryl methyl sites for hydroxylation is 3. The molecule has 2 heteroatoms. The summed E-state index contributed by atoms with van der Waals surface area (Å²) in [5, 5.41) is 3.42. The van der Waals surface area contributed by atoms with Crippen molar-refractivity contribution < 1.29 is 0 Å².